The minimum Gasteiger partial charge on any atom is -0.319 e. The molecule has 0 aromatic carbocycles. The lowest BCUT2D eigenvalue weighted by molar-refractivity contribution is 0.0692. The van der Waals surface area contributed by atoms with Crippen LogP contribution >= 0.6 is 22.7 Å². The fourth-order valence-electron chi connectivity index (χ4n) is 2.08. The summed E-state index contributed by atoms with van der Waals surface area (Å²) in [5, 5.41) is 14.2. The summed E-state index contributed by atoms with van der Waals surface area (Å²) in [6.45, 7) is 1.91. The number of fused-ring (bicyclic) bond motifs is 1. The van der Waals surface area contributed by atoms with Gasteiger partial charge in [-0.2, -0.15) is 5.26 Å². The van der Waals surface area contributed by atoms with Gasteiger partial charge in [-0.3, -0.25) is 4.79 Å². The Morgan fingerprint density at radius 3 is 3.22 bits per heavy atom. The molecule has 4 nitrogen and oxygen atoms in total. The first-order valence-electron chi connectivity index (χ1n) is 5.68. The normalized spacial score (nSPS) is 19.9. The number of hydrogen-bond acceptors (Lipinski definition) is 5. The first-order chi connectivity index (χ1) is 8.79. The van der Waals surface area contributed by atoms with Crippen LogP contribution in [-0.2, 0) is 0 Å². The van der Waals surface area contributed by atoms with Gasteiger partial charge in [0.15, 0.2) is 0 Å². The number of nitriles is 1. The zero-order valence-electron chi connectivity index (χ0n) is 9.55. The molecule has 1 saturated heterocycles. The molecule has 1 amide bonds. The molecular formula is C12H11N3OS2. The van der Waals surface area contributed by atoms with Crippen molar-refractivity contribution in [3.63, 3.8) is 0 Å². The van der Waals surface area contributed by atoms with Gasteiger partial charge in [0.05, 0.1) is 10.9 Å². The predicted molar refractivity (Wildman–Crippen MR) is 73.0 cm³/mol. The van der Waals surface area contributed by atoms with Crippen LogP contribution < -0.4 is 5.32 Å². The summed E-state index contributed by atoms with van der Waals surface area (Å²) >= 11 is 3.15. The van der Waals surface area contributed by atoms with E-state index >= 15 is 0 Å². The number of nitrogens with one attached hydrogen (secondary N) is 1. The Balaban J connectivity index is 1.89. The van der Waals surface area contributed by atoms with Crippen molar-refractivity contribution in [3.05, 3.63) is 22.4 Å². The summed E-state index contributed by atoms with van der Waals surface area (Å²) in [6, 6.07) is 5.79. The Kier molecular flexibility index (Phi) is 3.04. The lowest BCUT2D eigenvalue weighted by atomic mass is 10.2. The average Bonchev–Trinajstić information content (AvgIpc) is 2.98. The van der Waals surface area contributed by atoms with Crippen LogP contribution in [0.2, 0.25) is 0 Å². The maximum atomic E-state index is 12.4. The monoisotopic (exact) mass is 277 g/mol. The molecule has 18 heavy (non-hydrogen) atoms. The molecule has 1 unspecified atom stereocenters. The van der Waals surface area contributed by atoms with Crippen LogP contribution in [-0.4, -0.2) is 36.5 Å². The highest BCUT2D eigenvalue weighted by atomic mass is 32.1. The third-order valence-electron chi connectivity index (χ3n) is 3.00. The molecule has 1 fully saturated rings. The third-order valence-corrected chi connectivity index (χ3v) is 5.08. The smallest absolute Gasteiger partial charge is 0.265 e. The number of piperazine rings is 1. The SMILES string of the molecule is N#CC1CNCCN1C(=O)c1cc2sccc2s1. The molecule has 0 aliphatic carbocycles. The van der Waals surface area contributed by atoms with Gasteiger partial charge in [0.1, 0.15) is 6.04 Å². The van der Waals surface area contributed by atoms with E-state index in [4.69, 9.17) is 5.26 Å². The summed E-state index contributed by atoms with van der Waals surface area (Å²) in [5.74, 6) is -0.0172. The lowest BCUT2D eigenvalue weighted by Crippen LogP contribution is -2.52. The van der Waals surface area contributed by atoms with E-state index in [2.05, 4.69) is 11.4 Å². The number of thiophene rings is 2. The molecule has 92 valence electrons. The molecule has 0 spiro atoms. The molecule has 3 heterocycles. The van der Waals surface area contributed by atoms with Crippen LogP contribution in [0.3, 0.4) is 0 Å². The summed E-state index contributed by atoms with van der Waals surface area (Å²) in [7, 11) is 0. The molecule has 1 aliphatic heterocycles. The number of hydrogen-bond donors (Lipinski definition) is 1. The summed E-state index contributed by atoms with van der Waals surface area (Å²) in [6.07, 6.45) is 0. The average molecular weight is 277 g/mol. The molecule has 1 aliphatic rings. The summed E-state index contributed by atoms with van der Waals surface area (Å²) in [4.78, 5) is 14.8. The highest BCUT2D eigenvalue weighted by Crippen LogP contribution is 2.31. The minimum absolute atomic E-state index is 0.0172. The third kappa shape index (κ3) is 1.90. The molecule has 0 bridgehead atoms. The van der Waals surface area contributed by atoms with Crippen molar-refractivity contribution in [1.82, 2.24) is 10.2 Å². The van der Waals surface area contributed by atoms with Crippen molar-refractivity contribution >= 4 is 38.0 Å². The maximum Gasteiger partial charge on any atom is 0.265 e. The minimum atomic E-state index is -0.355. The number of carbonyl (C=O) groups excluding carboxylic acids is 1. The Morgan fingerprint density at radius 1 is 1.56 bits per heavy atom. The van der Waals surface area contributed by atoms with Crippen molar-refractivity contribution in [3.8, 4) is 6.07 Å². The van der Waals surface area contributed by atoms with Gasteiger partial charge in [-0.15, -0.1) is 22.7 Å². The standard InChI is InChI=1S/C12H11N3OS2/c13-6-8-7-14-2-3-15(8)12(16)11-5-10-9(18-11)1-4-17-10/h1,4-5,8,14H,2-3,7H2. The molecule has 1 N–H and O–H groups in total. The fraction of sp³-hybridized carbons (Fsp3) is 0.333. The van der Waals surface area contributed by atoms with E-state index in [0.29, 0.717) is 13.1 Å². The molecular weight excluding hydrogens is 266 g/mol. The van der Waals surface area contributed by atoms with Gasteiger partial charge in [-0.05, 0) is 17.5 Å². The number of amides is 1. The van der Waals surface area contributed by atoms with Crippen LogP contribution in [0.4, 0.5) is 0 Å². The van der Waals surface area contributed by atoms with Crippen LogP contribution in [0.15, 0.2) is 17.5 Å². The van der Waals surface area contributed by atoms with Gasteiger partial charge in [0, 0.05) is 29.0 Å². The van der Waals surface area contributed by atoms with E-state index in [1.165, 1.54) is 11.3 Å². The van der Waals surface area contributed by atoms with Gasteiger partial charge < -0.3 is 10.2 Å². The highest BCUT2D eigenvalue weighted by Gasteiger charge is 2.28. The van der Waals surface area contributed by atoms with Gasteiger partial charge >= 0.3 is 0 Å². The van der Waals surface area contributed by atoms with E-state index in [1.807, 2.05) is 17.5 Å². The van der Waals surface area contributed by atoms with E-state index in [1.54, 1.807) is 16.2 Å². The van der Waals surface area contributed by atoms with Crippen molar-refractivity contribution in [2.75, 3.05) is 19.6 Å². The topological polar surface area (TPSA) is 56.1 Å². The largest absolute Gasteiger partial charge is 0.319 e. The van der Waals surface area contributed by atoms with E-state index in [9.17, 15) is 4.79 Å². The molecule has 1 atom stereocenters. The van der Waals surface area contributed by atoms with E-state index in [-0.39, 0.29) is 11.9 Å². The van der Waals surface area contributed by atoms with Crippen LogP contribution in [0.1, 0.15) is 9.67 Å². The number of nitrogens with zero attached hydrogens (tertiary/aromatic N) is 2. The van der Waals surface area contributed by atoms with Crippen molar-refractivity contribution in [2.45, 2.75) is 6.04 Å². The second kappa shape index (κ2) is 4.69. The second-order valence-corrected chi connectivity index (χ2v) is 6.14. The first kappa shape index (κ1) is 11.7. The molecule has 2 aromatic heterocycles. The number of rotatable bonds is 1. The Bertz CT molecular complexity index is 596. The fourth-order valence-corrected chi connectivity index (χ4v) is 4.14. The summed E-state index contributed by atoms with van der Waals surface area (Å²) in [5.41, 5.74) is 0. The lowest BCUT2D eigenvalue weighted by Gasteiger charge is -2.31. The Morgan fingerprint density at radius 2 is 2.44 bits per heavy atom. The predicted octanol–water partition coefficient (Wildman–Crippen LogP) is 1.90. The molecule has 0 saturated carbocycles. The van der Waals surface area contributed by atoms with Crippen LogP contribution in [0.5, 0.6) is 0 Å². The van der Waals surface area contributed by atoms with E-state index in [0.717, 1.165) is 20.8 Å². The number of carbonyl (C=O) groups is 1. The zero-order valence-corrected chi connectivity index (χ0v) is 11.2. The Labute approximate surface area is 112 Å². The van der Waals surface area contributed by atoms with Gasteiger partial charge in [-0.25, -0.2) is 0 Å². The van der Waals surface area contributed by atoms with Crippen LogP contribution in [0, 0.1) is 11.3 Å². The molecule has 0 radical (unpaired) electrons. The quantitative estimate of drug-likeness (QED) is 0.866. The zero-order chi connectivity index (χ0) is 12.5. The second-order valence-electron chi connectivity index (χ2n) is 4.11. The maximum absolute atomic E-state index is 12.4. The Hall–Kier alpha value is -1.42. The van der Waals surface area contributed by atoms with Crippen molar-refractivity contribution in [1.29, 1.82) is 5.26 Å². The van der Waals surface area contributed by atoms with Crippen molar-refractivity contribution in [2.24, 2.45) is 0 Å². The van der Waals surface area contributed by atoms with Crippen molar-refractivity contribution < 1.29 is 4.79 Å². The molecule has 3 rings (SSSR count). The molecule has 2 aromatic rings. The molecule has 6 heteroatoms. The van der Waals surface area contributed by atoms with Gasteiger partial charge in [0.2, 0.25) is 0 Å². The first-order valence-corrected chi connectivity index (χ1v) is 7.37. The van der Waals surface area contributed by atoms with Gasteiger partial charge in [0.25, 0.3) is 5.91 Å². The summed E-state index contributed by atoms with van der Waals surface area (Å²) < 4.78 is 2.29. The van der Waals surface area contributed by atoms with Crippen LogP contribution in [0.25, 0.3) is 9.40 Å². The van der Waals surface area contributed by atoms with E-state index < -0.39 is 0 Å². The van der Waals surface area contributed by atoms with Gasteiger partial charge in [-0.1, -0.05) is 0 Å². The highest BCUT2D eigenvalue weighted by molar-refractivity contribution is 7.27.